The van der Waals surface area contributed by atoms with Gasteiger partial charge in [-0.1, -0.05) is 49.2 Å². The number of carbonyl (C=O) groups is 2. The van der Waals surface area contributed by atoms with Crippen LogP contribution in [0.25, 0.3) is 11.3 Å². The molecule has 0 radical (unpaired) electrons. The molecular formula is C26H26Cl2N4O3S. The van der Waals surface area contributed by atoms with Crippen LogP contribution in [0.15, 0.2) is 59.0 Å². The minimum absolute atomic E-state index is 0.0146. The number of rotatable bonds is 5. The number of thiocarbonyl (C=S) groups is 1. The Kier molecular flexibility index (Phi) is 8.18. The summed E-state index contributed by atoms with van der Waals surface area (Å²) < 4.78 is 5.70. The molecule has 2 N–H and O–H groups in total. The quantitative estimate of drug-likeness (QED) is 0.402. The van der Waals surface area contributed by atoms with E-state index in [0.717, 1.165) is 11.4 Å². The number of para-hydroxylation sites is 2. The highest BCUT2D eigenvalue weighted by Crippen LogP contribution is 2.32. The van der Waals surface area contributed by atoms with E-state index in [1.807, 2.05) is 43.0 Å². The summed E-state index contributed by atoms with van der Waals surface area (Å²) in [6, 6.07) is 15.9. The van der Waals surface area contributed by atoms with Crippen LogP contribution in [0.5, 0.6) is 0 Å². The highest BCUT2D eigenvalue weighted by atomic mass is 35.5. The van der Waals surface area contributed by atoms with Crippen molar-refractivity contribution in [2.24, 2.45) is 5.92 Å². The lowest BCUT2D eigenvalue weighted by molar-refractivity contribution is -0.134. The summed E-state index contributed by atoms with van der Waals surface area (Å²) in [4.78, 5) is 29.1. The Bertz CT molecular complexity index is 1290. The van der Waals surface area contributed by atoms with Crippen LogP contribution in [0.3, 0.4) is 0 Å². The average Bonchev–Trinajstić information content (AvgIpc) is 3.36. The molecule has 1 aliphatic heterocycles. The Balaban J connectivity index is 1.39. The van der Waals surface area contributed by atoms with Crippen molar-refractivity contribution in [2.45, 2.75) is 13.8 Å². The molecule has 3 aromatic rings. The van der Waals surface area contributed by atoms with Crippen LogP contribution >= 0.6 is 35.4 Å². The van der Waals surface area contributed by atoms with Crippen molar-refractivity contribution in [1.82, 2.24) is 10.2 Å². The molecule has 2 aromatic carbocycles. The van der Waals surface area contributed by atoms with E-state index in [0.29, 0.717) is 47.5 Å². The van der Waals surface area contributed by atoms with Gasteiger partial charge in [0.25, 0.3) is 5.91 Å². The molecule has 4 rings (SSSR count). The van der Waals surface area contributed by atoms with Crippen molar-refractivity contribution in [2.75, 3.05) is 36.4 Å². The van der Waals surface area contributed by atoms with E-state index in [2.05, 4.69) is 15.5 Å². The predicted octanol–water partition coefficient (Wildman–Crippen LogP) is 5.68. The number of nitrogens with zero attached hydrogens (tertiary/aromatic N) is 2. The van der Waals surface area contributed by atoms with E-state index < -0.39 is 5.91 Å². The third-order valence-electron chi connectivity index (χ3n) is 5.83. The van der Waals surface area contributed by atoms with Crippen molar-refractivity contribution in [3.8, 4) is 11.3 Å². The van der Waals surface area contributed by atoms with Gasteiger partial charge in [-0.2, -0.15) is 0 Å². The Labute approximate surface area is 225 Å². The maximum atomic E-state index is 12.7. The molecule has 1 aromatic heterocycles. The first kappa shape index (κ1) is 26.0. The molecule has 0 bridgehead atoms. The molecule has 0 saturated carbocycles. The Morgan fingerprint density at radius 1 is 1.00 bits per heavy atom. The fourth-order valence-corrected chi connectivity index (χ4v) is 4.58. The van der Waals surface area contributed by atoms with Crippen LogP contribution in [-0.4, -0.2) is 48.0 Å². The Morgan fingerprint density at radius 2 is 1.72 bits per heavy atom. The molecule has 1 fully saturated rings. The normalized spacial score (nSPS) is 13.6. The fourth-order valence-electron chi connectivity index (χ4n) is 4.00. The number of amides is 2. The van der Waals surface area contributed by atoms with Crippen molar-refractivity contribution in [1.29, 1.82) is 0 Å². The first-order chi connectivity index (χ1) is 17.2. The number of hydrogen-bond acceptors (Lipinski definition) is 5. The van der Waals surface area contributed by atoms with Gasteiger partial charge in [-0.05, 0) is 54.7 Å². The zero-order valence-electron chi connectivity index (χ0n) is 19.9. The molecule has 2 heterocycles. The zero-order valence-corrected chi connectivity index (χ0v) is 22.2. The number of nitrogens with one attached hydrogen (secondary N) is 2. The summed E-state index contributed by atoms with van der Waals surface area (Å²) in [5, 5.41) is 6.88. The predicted molar refractivity (Wildman–Crippen MR) is 148 cm³/mol. The SMILES string of the molecule is CC(C)C(=O)N1CCN(c2ccccc2NC(=S)NC(=O)c2ccc(-c3cc(Cl)ccc3Cl)o2)CC1. The molecule has 0 atom stereocenters. The topological polar surface area (TPSA) is 77.8 Å². The molecular weight excluding hydrogens is 519 g/mol. The average molecular weight is 545 g/mol. The fraction of sp³-hybridized carbons (Fsp3) is 0.269. The lowest BCUT2D eigenvalue weighted by Gasteiger charge is -2.37. The van der Waals surface area contributed by atoms with Crippen LogP contribution in [0.2, 0.25) is 10.0 Å². The van der Waals surface area contributed by atoms with Gasteiger partial charge in [0.15, 0.2) is 10.9 Å². The van der Waals surface area contributed by atoms with Crippen molar-refractivity contribution in [3.05, 3.63) is 70.4 Å². The van der Waals surface area contributed by atoms with E-state index >= 15 is 0 Å². The number of anilines is 2. The number of benzene rings is 2. The molecule has 10 heteroatoms. The minimum Gasteiger partial charge on any atom is -0.451 e. The van der Waals surface area contributed by atoms with E-state index in [1.165, 1.54) is 0 Å². The lowest BCUT2D eigenvalue weighted by Crippen LogP contribution is -2.50. The largest absolute Gasteiger partial charge is 0.451 e. The summed E-state index contributed by atoms with van der Waals surface area (Å²) in [5.41, 5.74) is 2.30. The van der Waals surface area contributed by atoms with Crippen molar-refractivity contribution in [3.63, 3.8) is 0 Å². The van der Waals surface area contributed by atoms with E-state index in [1.54, 1.807) is 30.3 Å². The van der Waals surface area contributed by atoms with Crippen molar-refractivity contribution >= 4 is 63.7 Å². The number of carbonyl (C=O) groups excluding carboxylic acids is 2. The van der Waals surface area contributed by atoms with E-state index in [-0.39, 0.29) is 22.7 Å². The summed E-state index contributed by atoms with van der Waals surface area (Å²) in [5.74, 6) is 0.175. The zero-order chi connectivity index (χ0) is 25.8. The molecule has 7 nitrogen and oxygen atoms in total. The molecule has 0 aliphatic carbocycles. The van der Waals surface area contributed by atoms with Gasteiger partial charge in [0, 0.05) is 42.7 Å². The van der Waals surface area contributed by atoms with Crippen LogP contribution in [-0.2, 0) is 4.79 Å². The van der Waals surface area contributed by atoms with E-state index in [9.17, 15) is 9.59 Å². The van der Waals surface area contributed by atoms with Gasteiger partial charge in [-0.3, -0.25) is 14.9 Å². The summed E-state index contributed by atoms with van der Waals surface area (Å²) in [6.45, 7) is 6.56. The third kappa shape index (κ3) is 6.00. The maximum absolute atomic E-state index is 12.7. The monoisotopic (exact) mass is 544 g/mol. The number of furan rings is 1. The first-order valence-corrected chi connectivity index (χ1v) is 12.7. The Morgan fingerprint density at radius 3 is 2.44 bits per heavy atom. The Hall–Kier alpha value is -3.07. The molecule has 188 valence electrons. The molecule has 0 unspecified atom stereocenters. The van der Waals surface area contributed by atoms with Gasteiger partial charge >= 0.3 is 0 Å². The smallest absolute Gasteiger partial charge is 0.293 e. The van der Waals surface area contributed by atoms with Gasteiger partial charge < -0.3 is 19.5 Å². The minimum atomic E-state index is -0.491. The standard InChI is InChI=1S/C26H26Cl2N4O3S/c1-16(2)25(34)32-13-11-31(12-14-32)21-6-4-3-5-20(21)29-26(36)30-24(33)23-10-9-22(35-23)18-15-17(27)7-8-19(18)28/h3-10,15-16H,11-14H2,1-2H3,(H2,29,30,33,36). The summed E-state index contributed by atoms with van der Waals surface area (Å²) >= 11 is 17.7. The molecule has 1 saturated heterocycles. The van der Waals surface area contributed by atoms with Crippen LogP contribution < -0.4 is 15.5 Å². The third-order valence-corrected chi connectivity index (χ3v) is 6.60. The van der Waals surface area contributed by atoms with Gasteiger partial charge in [-0.25, -0.2) is 0 Å². The van der Waals surface area contributed by atoms with Gasteiger partial charge in [0.1, 0.15) is 5.76 Å². The molecule has 2 amide bonds. The second kappa shape index (κ2) is 11.3. The highest BCUT2D eigenvalue weighted by Gasteiger charge is 2.24. The number of halogens is 2. The number of hydrogen-bond donors (Lipinski definition) is 2. The van der Waals surface area contributed by atoms with Crippen LogP contribution in [0.1, 0.15) is 24.4 Å². The first-order valence-electron chi connectivity index (χ1n) is 11.5. The molecule has 1 aliphatic rings. The molecule has 36 heavy (non-hydrogen) atoms. The lowest BCUT2D eigenvalue weighted by atomic mass is 10.1. The second-order valence-corrected chi connectivity index (χ2v) is 9.93. The summed E-state index contributed by atoms with van der Waals surface area (Å²) in [6.07, 6.45) is 0. The second-order valence-electron chi connectivity index (χ2n) is 8.68. The van der Waals surface area contributed by atoms with Gasteiger partial charge in [0.05, 0.1) is 16.4 Å². The van der Waals surface area contributed by atoms with Gasteiger partial charge in [0.2, 0.25) is 5.91 Å². The summed E-state index contributed by atoms with van der Waals surface area (Å²) in [7, 11) is 0. The van der Waals surface area contributed by atoms with Gasteiger partial charge in [-0.15, -0.1) is 0 Å². The van der Waals surface area contributed by atoms with Crippen LogP contribution in [0, 0.1) is 5.92 Å². The highest BCUT2D eigenvalue weighted by molar-refractivity contribution is 7.80. The van der Waals surface area contributed by atoms with Crippen LogP contribution in [0.4, 0.5) is 11.4 Å². The van der Waals surface area contributed by atoms with Crippen molar-refractivity contribution < 1.29 is 14.0 Å². The van der Waals surface area contributed by atoms with E-state index in [4.69, 9.17) is 39.8 Å². The molecule has 0 spiro atoms. The number of piperazine rings is 1. The maximum Gasteiger partial charge on any atom is 0.293 e.